The van der Waals surface area contributed by atoms with E-state index in [1.54, 1.807) is 16.8 Å². The molecule has 74 valence electrons. The smallest absolute Gasteiger partial charge is 0.158 e. The molecule has 0 aliphatic carbocycles. The third-order valence-electron chi connectivity index (χ3n) is 1.90. The van der Waals surface area contributed by atoms with Crippen LogP contribution >= 0.6 is 11.6 Å². The summed E-state index contributed by atoms with van der Waals surface area (Å²) in [6.45, 7) is 0. The highest BCUT2D eigenvalue weighted by Crippen LogP contribution is 2.18. The van der Waals surface area contributed by atoms with Crippen molar-refractivity contribution in [1.82, 2.24) is 9.55 Å². The SMILES string of the molecule is N#Cc1cn(-c2ccc(F)c(Cl)c2)cn1. The zero-order valence-electron chi connectivity index (χ0n) is 7.48. The van der Waals surface area contributed by atoms with Crippen molar-refractivity contribution in [3.63, 3.8) is 0 Å². The molecule has 5 heteroatoms. The molecule has 1 aromatic carbocycles. The third-order valence-corrected chi connectivity index (χ3v) is 2.19. The van der Waals surface area contributed by atoms with Gasteiger partial charge in [-0.2, -0.15) is 5.26 Å². The highest BCUT2D eigenvalue weighted by atomic mass is 35.5. The van der Waals surface area contributed by atoms with Gasteiger partial charge in [0.15, 0.2) is 5.69 Å². The Morgan fingerprint density at radius 1 is 1.47 bits per heavy atom. The summed E-state index contributed by atoms with van der Waals surface area (Å²) < 4.78 is 14.5. The zero-order chi connectivity index (χ0) is 10.8. The minimum Gasteiger partial charge on any atom is -0.305 e. The van der Waals surface area contributed by atoms with Crippen molar-refractivity contribution < 1.29 is 4.39 Å². The molecule has 0 unspecified atom stereocenters. The van der Waals surface area contributed by atoms with Gasteiger partial charge in [-0.1, -0.05) is 11.6 Å². The second-order valence-corrected chi connectivity index (χ2v) is 3.28. The van der Waals surface area contributed by atoms with Crippen LogP contribution in [0.5, 0.6) is 0 Å². The van der Waals surface area contributed by atoms with E-state index in [9.17, 15) is 4.39 Å². The van der Waals surface area contributed by atoms with E-state index in [2.05, 4.69) is 4.98 Å². The van der Waals surface area contributed by atoms with Crippen molar-refractivity contribution in [1.29, 1.82) is 5.26 Å². The second kappa shape index (κ2) is 3.71. The monoisotopic (exact) mass is 221 g/mol. The Hall–Kier alpha value is -1.86. The maximum Gasteiger partial charge on any atom is 0.158 e. The zero-order valence-corrected chi connectivity index (χ0v) is 8.24. The predicted octanol–water partition coefficient (Wildman–Crippen LogP) is 2.54. The fourth-order valence-corrected chi connectivity index (χ4v) is 1.34. The van der Waals surface area contributed by atoms with E-state index >= 15 is 0 Å². The van der Waals surface area contributed by atoms with Crippen LogP contribution in [0.15, 0.2) is 30.7 Å². The Labute approximate surface area is 90.4 Å². The molecule has 15 heavy (non-hydrogen) atoms. The summed E-state index contributed by atoms with van der Waals surface area (Å²) in [6.07, 6.45) is 3.02. The maximum absolute atomic E-state index is 12.9. The molecule has 0 saturated carbocycles. The van der Waals surface area contributed by atoms with Crippen molar-refractivity contribution in [2.75, 3.05) is 0 Å². The molecule has 0 N–H and O–H groups in total. The number of halogens is 2. The molecule has 1 aromatic heterocycles. The number of hydrogen-bond donors (Lipinski definition) is 0. The van der Waals surface area contributed by atoms with Crippen LogP contribution in [0.4, 0.5) is 4.39 Å². The standard InChI is InChI=1S/C10H5ClFN3/c11-9-3-8(1-2-10(9)12)15-5-7(4-13)14-6-15/h1-3,5-6H. The van der Waals surface area contributed by atoms with E-state index in [4.69, 9.17) is 16.9 Å². The summed E-state index contributed by atoms with van der Waals surface area (Å²) in [5.41, 5.74) is 0.964. The number of nitrogens with zero attached hydrogens (tertiary/aromatic N) is 3. The Morgan fingerprint density at radius 2 is 2.27 bits per heavy atom. The van der Waals surface area contributed by atoms with Gasteiger partial charge < -0.3 is 4.57 Å². The first kappa shape index (κ1) is 9.69. The molecule has 0 aliphatic rings. The minimum absolute atomic E-state index is 0.0414. The molecular formula is C10H5ClFN3. The number of rotatable bonds is 1. The lowest BCUT2D eigenvalue weighted by Gasteiger charge is -2.02. The van der Waals surface area contributed by atoms with Gasteiger partial charge in [-0.05, 0) is 18.2 Å². The average Bonchev–Trinajstić information content (AvgIpc) is 2.70. The van der Waals surface area contributed by atoms with Crippen LogP contribution in [-0.4, -0.2) is 9.55 Å². The van der Waals surface area contributed by atoms with E-state index < -0.39 is 5.82 Å². The third kappa shape index (κ3) is 1.83. The van der Waals surface area contributed by atoms with Crippen LogP contribution in [0, 0.1) is 17.1 Å². The second-order valence-electron chi connectivity index (χ2n) is 2.88. The van der Waals surface area contributed by atoms with Gasteiger partial charge in [0, 0.05) is 11.9 Å². The first-order valence-electron chi connectivity index (χ1n) is 4.10. The molecule has 0 radical (unpaired) electrons. The summed E-state index contributed by atoms with van der Waals surface area (Å²) in [7, 11) is 0. The minimum atomic E-state index is -0.471. The Morgan fingerprint density at radius 3 is 2.87 bits per heavy atom. The number of imidazole rings is 1. The van der Waals surface area contributed by atoms with Gasteiger partial charge >= 0.3 is 0 Å². The quantitative estimate of drug-likeness (QED) is 0.743. The van der Waals surface area contributed by atoms with Gasteiger partial charge in [0.1, 0.15) is 18.2 Å². The van der Waals surface area contributed by atoms with E-state index in [0.29, 0.717) is 11.4 Å². The topological polar surface area (TPSA) is 41.6 Å². The number of benzene rings is 1. The fraction of sp³-hybridized carbons (Fsp3) is 0. The molecule has 3 nitrogen and oxygen atoms in total. The number of hydrogen-bond acceptors (Lipinski definition) is 2. The summed E-state index contributed by atoms with van der Waals surface area (Å²) >= 11 is 5.63. The van der Waals surface area contributed by atoms with Gasteiger partial charge in [-0.25, -0.2) is 9.37 Å². The average molecular weight is 222 g/mol. The number of nitriles is 1. The Balaban J connectivity index is 2.46. The van der Waals surface area contributed by atoms with Crippen LogP contribution < -0.4 is 0 Å². The highest BCUT2D eigenvalue weighted by Gasteiger charge is 2.03. The summed E-state index contributed by atoms with van der Waals surface area (Å²) in [5.74, 6) is -0.471. The lowest BCUT2D eigenvalue weighted by Crippen LogP contribution is -1.90. The highest BCUT2D eigenvalue weighted by molar-refractivity contribution is 6.30. The summed E-state index contributed by atoms with van der Waals surface area (Å²) in [5, 5.41) is 8.63. The molecule has 1 heterocycles. The van der Waals surface area contributed by atoms with Gasteiger partial charge in [0.25, 0.3) is 0 Å². The molecule has 0 bridgehead atoms. The molecule has 0 aliphatic heterocycles. The van der Waals surface area contributed by atoms with Crippen molar-refractivity contribution in [2.24, 2.45) is 0 Å². The fourth-order valence-electron chi connectivity index (χ4n) is 1.17. The van der Waals surface area contributed by atoms with Crippen LogP contribution in [0.2, 0.25) is 5.02 Å². The normalized spacial score (nSPS) is 9.93. The van der Waals surface area contributed by atoms with Gasteiger partial charge in [0.2, 0.25) is 0 Å². The molecule has 0 spiro atoms. The maximum atomic E-state index is 12.9. The molecular weight excluding hydrogens is 217 g/mol. The largest absolute Gasteiger partial charge is 0.305 e. The van der Waals surface area contributed by atoms with Crippen LogP contribution in [-0.2, 0) is 0 Å². The van der Waals surface area contributed by atoms with E-state index in [1.165, 1.54) is 18.5 Å². The molecule has 0 atom stereocenters. The van der Waals surface area contributed by atoms with E-state index in [-0.39, 0.29) is 5.02 Å². The molecule has 0 amide bonds. The van der Waals surface area contributed by atoms with Crippen molar-refractivity contribution in [2.45, 2.75) is 0 Å². The van der Waals surface area contributed by atoms with E-state index in [0.717, 1.165) is 0 Å². The van der Waals surface area contributed by atoms with Crippen molar-refractivity contribution in [3.8, 4) is 11.8 Å². The van der Waals surface area contributed by atoms with Gasteiger partial charge in [-0.3, -0.25) is 0 Å². The van der Waals surface area contributed by atoms with Gasteiger partial charge in [0.05, 0.1) is 5.02 Å². The first-order valence-corrected chi connectivity index (χ1v) is 4.48. The molecule has 2 aromatic rings. The van der Waals surface area contributed by atoms with Crippen LogP contribution in [0.3, 0.4) is 0 Å². The predicted molar refractivity (Wildman–Crippen MR) is 53.2 cm³/mol. The van der Waals surface area contributed by atoms with E-state index in [1.807, 2.05) is 6.07 Å². The van der Waals surface area contributed by atoms with Crippen LogP contribution in [0.1, 0.15) is 5.69 Å². The number of aromatic nitrogens is 2. The summed E-state index contributed by atoms with van der Waals surface area (Å²) in [4.78, 5) is 3.83. The Kier molecular flexibility index (Phi) is 2.40. The summed E-state index contributed by atoms with van der Waals surface area (Å²) in [6, 6.07) is 6.20. The molecule has 2 rings (SSSR count). The molecule has 0 fully saturated rings. The van der Waals surface area contributed by atoms with Crippen molar-refractivity contribution in [3.05, 3.63) is 47.3 Å². The van der Waals surface area contributed by atoms with Crippen molar-refractivity contribution >= 4 is 11.6 Å². The lowest BCUT2D eigenvalue weighted by molar-refractivity contribution is 0.628. The molecule has 0 saturated heterocycles. The first-order chi connectivity index (χ1) is 7.20. The van der Waals surface area contributed by atoms with Crippen LogP contribution in [0.25, 0.3) is 5.69 Å². The lowest BCUT2D eigenvalue weighted by atomic mass is 10.3. The Bertz CT molecular complexity index is 542. The van der Waals surface area contributed by atoms with Gasteiger partial charge in [-0.15, -0.1) is 0 Å².